The molecule has 0 radical (unpaired) electrons. The molecule has 6 nitrogen and oxygen atoms in total. The smallest absolute Gasteiger partial charge is 0.272 e. The van der Waals surface area contributed by atoms with Crippen LogP contribution in [0.2, 0.25) is 10.0 Å². The molecule has 0 spiro atoms. The third-order valence-electron chi connectivity index (χ3n) is 5.29. The minimum absolute atomic E-state index is 0.0509. The van der Waals surface area contributed by atoms with Gasteiger partial charge in [0.15, 0.2) is 11.6 Å². The van der Waals surface area contributed by atoms with Crippen molar-refractivity contribution in [2.45, 2.75) is 6.54 Å². The highest BCUT2D eigenvalue weighted by Crippen LogP contribution is 2.28. The van der Waals surface area contributed by atoms with Crippen molar-refractivity contribution in [3.8, 4) is 0 Å². The number of benzene rings is 2. The number of anilines is 1. The van der Waals surface area contributed by atoms with E-state index in [1.807, 2.05) is 24.3 Å². The van der Waals surface area contributed by atoms with Crippen molar-refractivity contribution in [3.05, 3.63) is 86.9 Å². The molecule has 0 atom stereocenters. The van der Waals surface area contributed by atoms with Gasteiger partial charge < -0.3 is 15.6 Å². The summed E-state index contributed by atoms with van der Waals surface area (Å²) in [5.41, 5.74) is 1.73. The molecule has 0 bridgehead atoms. The number of ketones is 1. The highest BCUT2D eigenvalue weighted by molar-refractivity contribution is 6.37. The number of carbonyl (C=O) groups excluding carboxylic acids is 2. The summed E-state index contributed by atoms with van der Waals surface area (Å²) in [7, 11) is 0. The largest absolute Gasteiger partial charge is 0.356 e. The highest BCUT2D eigenvalue weighted by atomic mass is 35.5. The number of carbonyl (C=O) groups is 2. The molecule has 1 aliphatic heterocycles. The van der Waals surface area contributed by atoms with Crippen LogP contribution in [0.3, 0.4) is 0 Å². The van der Waals surface area contributed by atoms with E-state index in [-0.39, 0.29) is 26.9 Å². The van der Waals surface area contributed by atoms with E-state index in [4.69, 9.17) is 23.2 Å². The normalized spacial score (nSPS) is 14.3. The molecule has 2 heterocycles. The van der Waals surface area contributed by atoms with Gasteiger partial charge in [-0.2, -0.15) is 0 Å². The second-order valence-electron chi connectivity index (χ2n) is 7.53. The molecule has 3 aromatic rings. The van der Waals surface area contributed by atoms with Gasteiger partial charge in [0.2, 0.25) is 0 Å². The van der Waals surface area contributed by atoms with Crippen LogP contribution >= 0.6 is 23.2 Å². The number of halogens is 3. The Morgan fingerprint density at radius 1 is 1.03 bits per heavy atom. The Morgan fingerprint density at radius 2 is 1.72 bits per heavy atom. The maximum atomic E-state index is 14.3. The summed E-state index contributed by atoms with van der Waals surface area (Å²) in [6.07, 6.45) is 1.34. The number of nitrogens with zero attached hydrogens (tertiary/aromatic N) is 1. The van der Waals surface area contributed by atoms with Crippen molar-refractivity contribution in [1.82, 2.24) is 15.2 Å². The topological polar surface area (TPSA) is 77.2 Å². The molecule has 166 valence electrons. The first kappa shape index (κ1) is 22.5. The summed E-state index contributed by atoms with van der Waals surface area (Å²) in [5.74, 6) is -1.98. The van der Waals surface area contributed by atoms with Crippen LogP contribution in [-0.4, -0.2) is 47.8 Å². The molecule has 0 aliphatic carbocycles. The molecule has 1 aliphatic rings. The molecule has 9 heteroatoms. The number of hydrogen-bond acceptors (Lipinski definition) is 4. The molecule has 0 saturated carbocycles. The molecule has 0 unspecified atom stereocenters. The average molecular weight is 475 g/mol. The SMILES string of the molecule is O=C(Nc1ccc(CN2CCNCC2)cc1)c1cc(C(=O)c2c(Cl)ccc(Cl)c2F)c[nH]1. The van der Waals surface area contributed by atoms with E-state index in [9.17, 15) is 14.0 Å². The minimum atomic E-state index is -0.891. The van der Waals surface area contributed by atoms with Crippen molar-refractivity contribution < 1.29 is 14.0 Å². The Hall–Kier alpha value is -2.71. The van der Waals surface area contributed by atoms with Gasteiger partial charge in [-0.05, 0) is 35.9 Å². The zero-order valence-corrected chi connectivity index (χ0v) is 18.6. The van der Waals surface area contributed by atoms with Crippen LogP contribution < -0.4 is 10.6 Å². The maximum absolute atomic E-state index is 14.3. The summed E-state index contributed by atoms with van der Waals surface area (Å²) >= 11 is 11.7. The summed E-state index contributed by atoms with van der Waals surface area (Å²) in [6, 6.07) is 11.6. The summed E-state index contributed by atoms with van der Waals surface area (Å²) in [4.78, 5) is 30.4. The number of H-pyrrole nitrogens is 1. The predicted octanol–water partition coefficient (Wildman–Crippen LogP) is 4.35. The molecule has 2 aromatic carbocycles. The van der Waals surface area contributed by atoms with E-state index in [2.05, 4.69) is 20.5 Å². The molecule has 4 rings (SSSR count). The van der Waals surface area contributed by atoms with Gasteiger partial charge in [-0.25, -0.2) is 4.39 Å². The molecule has 3 N–H and O–H groups in total. The Balaban J connectivity index is 1.42. The van der Waals surface area contributed by atoms with Crippen LogP contribution in [0, 0.1) is 5.82 Å². The Bertz CT molecular complexity index is 1140. The molecule has 1 saturated heterocycles. The van der Waals surface area contributed by atoms with E-state index in [0.717, 1.165) is 38.3 Å². The van der Waals surface area contributed by atoms with Crippen LogP contribution in [0.25, 0.3) is 0 Å². The van der Waals surface area contributed by atoms with Gasteiger partial charge in [-0.15, -0.1) is 0 Å². The number of nitrogens with one attached hydrogen (secondary N) is 3. The molecular formula is C23H21Cl2FN4O2. The van der Waals surface area contributed by atoms with Gasteiger partial charge in [0.25, 0.3) is 5.91 Å². The summed E-state index contributed by atoms with van der Waals surface area (Å²) in [5, 5.41) is 5.86. The Kier molecular flexibility index (Phi) is 6.91. The minimum Gasteiger partial charge on any atom is -0.356 e. The van der Waals surface area contributed by atoms with Crippen molar-refractivity contribution >= 4 is 40.6 Å². The van der Waals surface area contributed by atoms with Crippen molar-refractivity contribution in [2.75, 3.05) is 31.5 Å². The van der Waals surface area contributed by atoms with Gasteiger partial charge in [-0.1, -0.05) is 35.3 Å². The van der Waals surface area contributed by atoms with Crippen molar-refractivity contribution in [3.63, 3.8) is 0 Å². The molecule has 1 fully saturated rings. The maximum Gasteiger partial charge on any atom is 0.272 e. The van der Waals surface area contributed by atoms with Crippen molar-refractivity contribution in [1.29, 1.82) is 0 Å². The lowest BCUT2D eigenvalue weighted by Gasteiger charge is -2.27. The Morgan fingerprint density at radius 3 is 2.44 bits per heavy atom. The average Bonchev–Trinajstić information content (AvgIpc) is 3.29. The van der Waals surface area contributed by atoms with Crippen LogP contribution in [0.4, 0.5) is 10.1 Å². The van der Waals surface area contributed by atoms with Crippen LogP contribution in [0.1, 0.15) is 32.0 Å². The standard InChI is InChI=1S/C23H21Cl2FN4O2/c24-17-5-6-18(25)21(26)20(17)22(31)15-11-19(28-12-15)23(32)29-16-3-1-14(2-4-16)13-30-9-7-27-8-10-30/h1-6,11-12,27-28H,7-10,13H2,(H,29,32). The summed E-state index contributed by atoms with van der Waals surface area (Å²) < 4.78 is 14.3. The second kappa shape index (κ2) is 9.83. The Labute approximate surface area is 194 Å². The molecule has 32 heavy (non-hydrogen) atoms. The van der Waals surface area contributed by atoms with Crippen molar-refractivity contribution in [2.24, 2.45) is 0 Å². The first-order chi connectivity index (χ1) is 15.4. The number of piperazine rings is 1. The van der Waals surface area contributed by atoms with E-state index in [1.54, 1.807) is 0 Å². The first-order valence-corrected chi connectivity index (χ1v) is 10.9. The van der Waals surface area contributed by atoms with E-state index in [0.29, 0.717) is 5.69 Å². The quantitative estimate of drug-likeness (QED) is 0.366. The lowest BCUT2D eigenvalue weighted by Crippen LogP contribution is -2.42. The van der Waals surface area contributed by atoms with E-state index < -0.39 is 17.5 Å². The third kappa shape index (κ3) is 5.02. The van der Waals surface area contributed by atoms with E-state index in [1.165, 1.54) is 24.4 Å². The predicted molar refractivity (Wildman–Crippen MR) is 123 cm³/mol. The summed E-state index contributed by atoms with van der Waals surface area (Å²) in [6.45, 7) is 4.86. The molecular weight excluding hydrogens is 454 g/mol. The van der Waals surface area contributed by atoms with Crippen LogP contribution in [0.15, 0.2) is 48.7 Å². The lowest BCUT2D eigenvalue weighted by molar-refractivity contribution is 0.102. The van der Waals surface area contributed by atoms with Crippen LogP contribution in [0.5, 0.6) is 0 Å². The van der Waals surface area contributed by atoms with Gasteiger partial charge in [0, 0.05) is 50.2 Å². The number of amides is 1. The lowest BCUT2D eigenvalue weighted by atomic mass is 10.0. The molecule has 1 aromatic heterocycles. The van der Waals surface area contributed by atoms with Crippen LogP contribution in [-0.2, 0) is 6.54 Å². The molecule has 1 amide bonds. The van der Waals surface area contributed by atoms with Gasteiger partial charge in [0.05, 0.1) is 15.6 Å². The zero-order valence-electron chi connectivity index (χ0n) is 17.1. The number of rotatable bonds is 6. The van der Waals surface area contributed by atoms with E-state index >= 15 is 0 Å². The van der Waals surface area contributed by atoms with Gasteiger partial charge in [-0.3, -0.25) is 14.5 Å². The van der Waals surface area contributed by atoms with Gasteiger partial charge in [0.1, 0.15) is 5.69 Å². The number of hydrogen-bond donors (Lipinski definition) is 3. The fraction of sp³-hybridized carbons (Fsp3) is 0.217. The highest BCUT2D eigenvalue weighted by Gasteiger charge is 2.22. The zero-order chi connectivity index (χ0) is 22.7. The van der Waals surface area contributed by atoms with Gasteiger partial charge >= 0.3 is 0 Å². The number of aromatic amines is 1. The fourth-order valence-electron chi connectivity index (χ4n) is 3.56. The number of aromatic nitrogens is 1. The second-order valence-corrected chi connectivity index (χ2v) is 8.34. The first-order valence-electron chi connectivity index (χ1n) is 10.1. The monoisotopic (exact) mass is 474 g/mol. The fourth-order valence-corrected chi connectivity index (χ4v) is 3.94. The third-order valence-corrected chi connectivity index (χ3v) is 5.90.